The first-order valence-electron chi connectivity index (χ1n) is 7.24. The van der Waals surface area contributed by atoms with Gasteiger partial charge in [-0.05, 0) is 79.9 Å². The average Bonchev–Trinajstić information content (AvgIpc) is 2.46. The molecule has 4 heteroatoms. The van der Waals surface area contributed by atoms with Gasteiger partial charge in [-0.15, -0.1) is 0 Å². The van der Waals surface area contributed by atoms with Gasteiger partial charge in [0.15, 0.2) is 5.11 Å². The van der Waals surface area contributed by atoms with E-state index in [1.54, 1.807) is 0 Å². The number of thiocarbonyl (C=S) groups is 1. The Bertz CT molecular complexity index is 710. The molecule has 0 aromatic heterocycles. The van der Waals surface area contributed by atoms with E-state index in [1.807, 2.05) is 19.1 Å². The van der Waals surface area contributed by atoms with E-state index in [4.69, 9.17) is 23.8 Å². The molecule has 2 rings (SSSR count). The second-order valence-electron chi connectivity index (χ2n) is 5.64. The summed E-state index contributed by atoms with van der Waals surface area (Å²) >= 11 is 11.5. The molecular weight excluding hydrogens is 312 g/mol. The van der Waals surface area contributed by atoms with E-state index in [1.165, 1.54) is 16.7 Å². The molecule has 0 saturated heterocycles. The van der Waals surface area contributed by atoms with Gasteiger partial charge in [-0.25, -0.2) is 0 Å². The molecule has 2 N–H and O–H groups in total. The van der Waals surface area contributed by atoms with Gasteiger partial charge in [-0.3, -0.25) is 0 Å². The number of anilines is 1. The van der Waals surface area contributed by atoms with E-state index in [-0.39, 0.29) is 0 Å². The number of benzene rings is 2. The fraction of sp³-hybridized carbons (Fsp3) is 0.278. The number of nitrogens with one attached hydrogen (secondary N) is 2. The van der Waals surface area contributed by atoms with Crippen LogP contribution in [0.2, 0.25) is 5.02 Å². The average molecular weight is 333 g/mol. The third-order valence-corrected chi connectivity index (χ3v) is 4.43. The molecule has 2 nitrogen and oxygen atoms in total. The SMILES string of the molecule is Cc1cc(C)c(NC(=S)NCc2ccc(C)c(Cl)c2)cc1C. The summed E-state index contributed by atoms with van der Waals surface area (Å²) in [6, 6.07) is 10.3. The first kappa shape index (κ1) is 16.8. The Balaban J connectivity index is 1.98. The molecule has 0 amide bonds. The van der Waals surface area contributed by atoms with Crippen LogP contribution in [0.5, 0.6) is 0 Å². The van der Waals surface area contributed by atoms with E-state index < -0.39 is 0 Å². The largest absolute Gasteiger partial charge is 0.358 e. The van der Waals surface area contributed by atoms with Crippen molar-refractivity contribution in [3.05, 3.63) is 63.2 Å². The van der Waals surface area contributed by atoms with Crippen molar-refractivity contribution in [2.75, 3.05) is 5.32 Å². The van der Waals surface area contributed by atoms with Gasteiger partial charge < -0.3 is 10.6 Å². The lowest BCUT2D eigenvalue weighted by atomic mass is 10.1. The number of hydrogen-bond acceptors (Lipinski definition) is 1. The molecule has 0 aliphatic rings. The Hall–Kier alpha value is -1.58. The van der Waals surface area contributed by atoms with Gasteiger partial charge in [0.05, 0.1) is 0 Å². The van der Waals surface area contributed by atoms with E-state index >= 15 is 0 Å². The van der Waals surface area contributed by atoms with Crippen LogP contribution >= 0.6 is 23.8 Å². The lowest BCUT2D eigenvalue weighted by Gasteiger charge is -2.14. The normalized spacial score (nSPS) is 10.4. The van der Waals surface area contributed by atoms with Gasteiger partial charge in [0.2, 0.25) is 0 Å². The minimum atomic E-state index is 0.614. The van der Waals surface area contributed by atoms with E-state index in [2.05, 4.69) is 49.6 Å². The van der Waals surface area contributed by atoms with Crippen LogP contribution in [0.3, 0.4) is 0 Å². The Morgan fingerprint density at radius 3 is 2.32 bits per heavy atom. The maximum absolute atomic E-state index is 6.14. The number of halogens is 1. The van der Waals surface area contributed by atoms with Crippen LogP contribution in [0.25, 0.3) is 0 Å². The topological polar surface area (TPSA) is 24.1 Å². The highest BCUT2D eigenvalue weighted by atomic mass is 35.5. The second-order valence-corrected chi connectivity index (χ2v) is 6.46. The van der Waals surface area contributed by atoms with Crippen LogP contribution in [0.1, 0.15) is 27.8 Å². The summed E-state index contributed by atoms with van der Waals surface area (Å²) in [7, 11) is 0. The van der Waals surface area contributed by atoms with Crippen LogP contribution in [0.4, 0.5) is 5.69 Å². The lowest BCUT2D eigenvalue weighted by Crippen LogP contribution is -2.28. The molecule has 0 bridgehead atoms. The van der Waals surface area contributed by atoms with E-state index in [0.717, 1.165) is 21.8 Å². The quantitative estimate of drug-likeness (QED) is 0.768. The summed E-state index contributed by atoms with van der Waals surface area (Å²) in [5, 5.41) is 7.87. The molecule has 0 fully saturated rings. The molecule has 2 aromatic carbocycles. The summed E-state index contributed by atoms with van der Waals surface area (Å²) in [5.74, 6) is 0. The zero-order valence-corrected chi connectivity index (χ0v) is 15.0. The Labute approximate surface area is 142 Å². The monoisotopic (exact) mass is 332 g/mol. The molecule has 0 saturated carbocycles. The fourth-order valence-corrected chi connectivity index (χ4v) is 2.58. The molecule has 116 valence electrons. The Morgan fingerprint density at radius 1 is 0.955 bits per heavy atom. The van der Waals surface area contributed by atoms with E-state index in [0.29, 0.717) is 11.7 Å². The van der Waals surface area contributed by atoms with Crippen molar-refractivity contribution in [2.24, 2.45) is 0 Å². The van der Waals surface area contributed by atoms with Gasteiger partial charge in [0.1, 0.15) is 0 Å². The summed E-state index contributed by atoms with van der Waals surface area (Å²) in [6.07, 6.45) is 0. The molecule has 0 radical (unpaired) electrons. The summed E-state index contributed by atoms with van der Waals surface area (Å²) < 4.78 is 0. The van der Waals surface area contributed by atoms with E-state index in [9.17, 15) is 0 Å². The van der Waals surface area contributed by atoms with Gasteiger partial charge >= 0.3 is 0 Å². The summed E-state index contributed by atoms with van der Waals surface area (Å²) in [4.78, 5) is 0. The number of hydrogen-bond donors (Lipinski definition) is 2. The zero-order chi connectivity index (χ0) is 16.3. The highest BCUT2D eigenvalue weighted by Gasteiger charge is 2.04. The first-order chi connectivity index (χ1) is 10.4. The summed E-state index contributed by atoms with van der Waals surface area (Å²) in [5.41, 5.74) is 6.96. The van der Waals surface area contributed by atoms with Crippen LogP contribution in [0.15, 0.2) is 30.3 Å². The molecule has 22 heavy (non-hydrogen) atoms. The van der Waals surface area contributed by atoms with Crippen molar-refractivity contribution >= 4 is 34.6 Å². The van der Waals surface area contributed by atoms with Crippen molar-refractivity contribution in [2.45, 2.75) is 34.2 Å². The lowest BCUT2D eigenvalue weighted by molar-refractivity contribution is 0.925. The van der Waals surface area contributed by atoms with Gasteiger partial charge in [0, 0.05) is 17.3 Å². The van der Waals surface area contributed by atoms with Gasteiger partial charge in [0.25, 0.3) is 0 Å². The second kappa shape index (κ2) is 7.12. The molecule has 2 aromatic rings. The molecule has 0 spiro atoms. The van der Waals surface area contributed by atoms with Crippen molar-refractivity contribution in [3.63, 3.8) is 0 Å². The van der Waals surface area contributed by atoms with Gasteiger partial charge in [-0.1, -0.05) is 29.8 Å². The van der Waals surface area contributed by atoms with Crippen LogP contribution in [0, 0.1) is 27.7 Å². The van der Waals surface area contributed by atoms with Crippen molar-refractivity contribution < 1.29 is 0 Å². The van der Waals surface area contributed by atoms with Crippen LogP contribution < -0.4 is 10.6 Å². The van der Waals surface area contributed by atoms with Crippen molar-refractivity contribution in [1.29, 1.82) is 0 Å². The van der Waals surface area contributed by atoms with Crippen LogP contribution in [-0.2, 0) is 6.54 Å². The highest BCUT2D eigenvalue weighted by Crippen LogP contribution is 2.20. The molecular formula is C18H21ClN2S. The molecule has 0 aliphatic heterocycles. The third-order valence-electron chi connectivity index (χ3n) is 3.78. The Kier molecular flexibility index (Phi) is 5.43. The number of rotatable bonds is 3. The predicted molar refractivity (Wildman–Crippen MR) is 99.9 cm³/mol. The number of aryl methyl sites for hydroxylation is 4. The standard InChI is InChI=1S/C18H21ClN2S/c1-11-5-6-15(9-16(11)19)10-20-18(22)21-17-8-13(3)12(2)7-14(17)4/h5-9H,10H2,1-4H3,(H2,20,21,22). The zero-order valence-electron chi connectivity index (χ0n) is 13.4. The smallest absolute Gasteiger partial charge is 0.171 e. The highest BCUT2D eigenvalue weighted by molar-refractivity contribution is 7.80. The third kappa shape index (κ3) is 4.21. The maximum atomic E-state index is 6.14. The predicted octanol–water partition coefficient (Wildman–Crippen LogP) is 5.06. The minimum absolute atomic E-state index is 0.614. The molecule has 0 unspecified atom stereocenters. The van der Waals surface area contributed by atoms with Crippen molar-refractivity contribution in [1.82, 2.24) is 5.32 Å². The van der Waals surface area contributed by atoms with Crippen molar-refractivity contribution in [3.8, 4) is 0 Å². The fourth-order valence-electron chi connectivity index (χ4n) is 2.19. The first-order valence-corrected chi connectivity index (χ1v) is 8.03. The Morgan fingerprint density at radius 2 is 1.64 bits per heavy atom. The molecule has 0 aliphatic carbocycles. The maximum Gasteiger partial charge on any atom is 0.171 e. The molecule has 0 heterocycles. The molecule has 0 atom stereocenters. The van der Waals surface area contributed by atoms with Gasteiger partial charge in [-0.2, -0.15) is 0 Å². The summed E-state index contributed by atoms with van der Waals surface area (Å²) in [6.45, 7) is 8.94. The minimum Gasteiger partial charge on any atom is -0.358 e. The van der Waals surface area contributed by atoms with Crippen LogP contribution in [-0.4, -0.2) is 5.11 Å².